The zero-order valence-electron chi connectivity index (χ0n) is 13.0. The average molecular weight is 320 g/mol. The number of fused-ring (bicyclic) bond motifs is 1. The Morgan fingerprint density at radius 1 is 1.35 bits per heavy atom. The molecule has 0 radical (unpaired) electrons. The van der Waals surface area contributed by atoms with Gasteiger partial charge >= 0.3 is 5.69 Å². The molecule has 0 aromatic heterocycles. The van der Waals surface area contributed by atoms with Gasteiger partial charge in [-0.2, -0.15) is 0 Å². The fourth-order valence-corrected chi connectivity index (χ4v) is 3.59. The van der Waals surface area contributed by atoms with Gasteiger partial charge in [0.2, 0.25) is 0 Å². The molecule has 1 fully saturated rings. The number of amides is 1. The normalized spacial score (nSPS) is 23.7. The van der Waals surface area contributed by atoms with Crippen LogP contribution < -0.4 is 4.74 Å². The van der Waals surface area contributed by atoms with Gasteiger partial charge in [-0.1, -0.05) is 0 Å². The summed E-state index contributed by atoms with van der Waals surface area (Å²) in [6, 6.07) is 3.07. The van der Waals surface area contributed by atoms with Gasteiger partial charge in [0.15, 0.2) is 5.75 Å². The minimum atomic E-state index is -0.487. The zero-order valence-corrected chi connectivity index (χ0v) is 13.0. The second kappa shape index (κ2) is 6.16. The molecule has 1 aromatic rings. The summed E-state index contributed by atoms with van der Waals surface area (Å²) in [5.74, 6) is 0.362. The van der Waals surface area contributed by atoms with Crippen LogP contribution in [-0.2, 0) is 6.54 Å². The molecule has 7 nitrogen and oxygen atoms in total. The van der Waals surface area contributed by atoms with Gasteiger partial charge in [-0.05, 0) is 37.2 Å². The summed E-state index contributed by atoms with van der Waals surface area (Å²) in [5.41, 5.74) is 1.08. The summed E-state index contributed by atoms with van der Waals surface area (Å²) in [4.78, 5) is 25.1. The molecule has 0 saturated heterocycles. The van der Waals surface area contributed by atoms with Gasteiger partial charge in [0.1, 0.15) is 0 Å². The Morgan fingerprint density at radius 3 is 2.61 bits per heavy atom. The first-order valence-electron chi connectivity index (χ1n) is 7.82. The van der Waals surface area contributed by atoms with Crippen molar-refractivity contribution < 1.29 is 19.6 Å². The fraction of sp³-hybridized carbons (Fsp3) is 0.562. The molecule has 3 rings (SSSR count). The van der Waals surface area contributed by atoms with Crippen LogP contribution in [-0.4, -0.2) is 40.6 Å². The van der Waals surface area contributed by atoms with E-state index in [9.17, 15) is 20.0 Å². The maximum atomic E-state index is 12.6. The molecule has 1 aliphatic heterocycles. The molecular formula is C16H20N2O5. The van der Waals surface area contributed by atoms with Crippen LogP contribution in [0, 0.1) is 16.0 Å². The highest BCUT2D eigenvalue weighted by atomic mass is 16.6. The third-order valence-electron chi connectivity index (χ3n) is 4.95. The van der Waals surface area contributed by atoms with E-state index < -0.39 is 4.92 Å². The van der Waals surface area contributed by atoms with Crippen molar-refractivity contribution in [2.24, 2.45) is 5.92 Å². The van der Waals surface area contributed by atoms with Crippen molar-refractivity contribution >= 4 is 11.6 Å². The lowest BCUT2D eigenvalue weighted by Gasteiger charge is -2.33. The Kier molecular flexibility index (Phi) is 4.21. The summed E-state index contributed by atoms with van der Waals surface area (Å²) in [5, 5.41) is 20.3. The Morgan fingerprint density at radius 2 is 2.04 bits per heavy atom. The Bertz CT molecular complexity index is 638. The van der Waals surface area contributed by atoms with E-state index in [1.807, 2.05) is 0 Å². The molecule has 1 N–H and O–H groups in total. The van der Waals surface area contributed by atoms with Crippen LogP contribution in [0.4, 0.5) is 5.69 Å². The molecule has 0 spiro atoms. The summed E-state index contributed by atoms with van der Waals surface area (Å²) in [7, 11) is 1.36. The summed E-state index contributed by atoms with van der Waals surface area (Å²) < 4.78 is 5.05. The van der Waals surface area contributed by atoms with Gasteiger partial charge in [-0.15, -0.1) is 0 Å². The van der Waals surface area contributed by atoms with Gasteiger partial charge in [-0.25, -0.2) is 0 Å². The lowest BCUT2D eigenvalue weighted by molar-refractivity contribution is -0.385. The van der Waals surface area contributed by atoms with Crippen LogP contribution in [0.15, 0.2) is 12.1 Å². The number of carbonyl (C=O) groups excluding carboxylic acids is 1. The van der Waals surface area contributed by atoms with E-state index in [1.54, 1.807) is 4.90 Å². The van der Waals surface area contributed by atoms with Crippen LogP contribution in [0.1, 0.15) is 41.6 Å². The number of nitrogens with zero attached hydrogens (tertiary/aromatic N) is 2. The first-order valence-corrected chi connectivity index (χ1v) is 7.82. The molecule has 1 amide bonds. The zero-order chi connectivity index (χ0) is 16.6. The molecule has 1 aromatic carbocycles. The quantitative estimate of drug-likeness (QED) is 0.677. The lowest BCUT2D eigenvalue weighted by atomic mass is 9.86. The summed E-state index contributed by atoms with van der Waals surface area (Å²) in [6.07, 6.45) is 3.55. The molecule has 1 saturated carbocycles. The number of nitro groups is 1. The van der Waals surface area contributed by atoms with E-state index in [1.165, 1.54) is 19.2 Å². The molecule has 23 heavy (non-hydrogen) atoms. The van der Waals surface area contributed by atoms with Crippen molar-refractivity contribution in [2.75, 3.05) is 13.7 Å². The van der Waals surface area contributed by atoms with Crippen LogP contribution in [0.25, 0.3) is 0 Å². The molecule has 1 aliphatic carbocycles. The number of aliphatic hydroxyl groups is 1. The van der Waals surface area contributed by atoms with Crippen molar-refractivity contribution in [2.45, 2.75) is 38.3 Å². The maximum Gasteiger partial charge on any atom is 0.311 e. The third kappa shape index (κ3) is 2.76. The lowest BCUT2D eigenvalue weighted by Crippen LogP contribution is -2.38. The Labute approximate surface area is 134 Å². The second-order valence-corrected chi connectivity index (χ2v) is 6.23. The monoisotopic (exact) mass is 320 g/mol. The number of aliphatic hydroxyl groups excluding tert-OH is 1. The Balaban J connectivity index is 1.83. The van der Waals surface area contributed by atoms with E-state index in [0.717, 1.165) is 25.7 Å². The molecule has 0 atom stereocenters. The molecule has 0 bridgehead atoms. The van der Waals surface area contributed by atoms with E-state index >= 15 is 0 Å². The number of benzene rings is 1. The van der Waals surface area contributed by atoms with Gasteiger partial charge in [-0.3, -0.25) is 14.9 Å². The largest absolute Gasteiger partial charge is 0.490 e. The Hall–Kier alpha value is -2.15. The highest BCUT2D eigenvalue weighted by molar-refractivity contribution is 5.99. The number of rotatable bonds is 4. The number of nitro benzene ring substituents is 1. The average Bonchev–Trinajstić information content (AvgIpc) is 2.90. The highest BCUT2D eigenvalue weighted by Crippen LogP contribution is 2.37. The topological polar surface area (TPSA) is 92.9 Å². The second-order valence-electron chi connectivity index (χ2n) is 6.23. The molecule has 1 heterocycles. The van der Waals surface area contributed by atoms with Crippen molar-refractivity contribution in [1.29, 1.82) is 0 Å². The predicted octanol–water partition coefficient (Wildman–Crippen LogP) is 2.11. The van der Waals surface area contributed by atoms with Crippen molar-refractivity contribution in [3.8, 4) is 5.75 Å². The maximum absolute atomic E-state index is 12.6. The molecule has 0 unspecified atom stereocenters. The summed E-state index contributed by atoms with van der Waals surface area (Å²) in [6.45, 7) is 0.609. The van der Waals surface area contributed by atoms with E-state index in [-0.39, 0.29) is 30.0 Å². The first kappa shape index (κ1) is 15.7. The fourth-order valence-electron chi connectivity index (χ4n) is 3.59. The van der Waals surface area contributed by atoms with Gasteiger partial charge < -0.3 is 14.7 Å². The SMILES string of the molecule is COc1cc2c(cc1[N+](=O)[O-])CN([C@H]1CC[C@H](CO)CC1)C2=O. The van der Waals surface area contributed by atoms with Crippen molar-refractivity contribution in [1.82, 2.24) is 4.90 Å². The van der Waals surface area contributed by atoms with Crippen LogP contribution in [0.5, 0.6) is 5.75 Å². The van der Waals surface area contributed by atoms with Crippen LogP contribution in [0.3, 0.4) is 0 Å². The number of methoxy groups -OCH3 is 1. The van der Waals surface area contributed by atoms with Crippen LogP contribution in [0.2, 0.25) is 0 Å². The van der Waals surface area contributed by atoms with E-state index in [0.29, 0.717) is 23.6 Å². The van der Waals surface area contributed by atoms with Gasteiger partial charge in [0.25, 0.3) is 5.91 Å². The third-order valence-corrected chi connectivity index (χ3v) is 4.95. The number of carbonyl (C=O) groups is 1. The van der Waals surface area contributed by atoms with E-state index in [4.69, 9.17) is 4.74 Å². The predicted molar refractivity (Wildman–Crippen MR) is 82.4 cm³/mol. The smallest absolute Gasteiger partial charge is 0.311 e. The minimum absolute atomic E-state index is 0.0827. The molecular weight excluding hydrogens is 300 g/mol. The molecule has 2 aliphatic rings. The molecule has 124 valence electrons. The van der Waals surface area contributed by atoms with Crippen molar-refractivity contribution in [3.63, 3.8) is 0 Å². The van der Waals surface area contributed by atoms with Gasteiger partial charge in [0, 0.05) is 36.9 Å². The standard InChI is InChI=1S/C16H20N2O5/c1-23-15-7-13-11(6-14(15)18(21)22)8-17(16(13)20)12-4-2-10(9-19)3-5-12/h6-7,10,12,19H,2-5,8-9H2,1H3/t10-,12-. The first-order chi connectivity index (χ1) is 11.0. The number of hydrogen-bond donors (Lipinski definition) is 1. The minimum Gasteiger partial charge on any atom is -0.490 e. The number of hydrogen-bond acceptors (Lipinski definition) is 5. The van der Waals surface area contributed by atoms with Gasteiger partial charge in [0.05, 0.1) is 12.0 Å². The summed E-state index contributed by atoms with van der Waals surface area (Å²) >= 11 is 0. The molecule has 7 heteroatoms. The van der Waals surface area contributed by atoms with Crippen molar-refractivity contribution in [3.05, 3.63) is 33.4 Å². The number of ether oxygens (including phenoxy) is 1. The highest BCUT2D eigenvalue weighted by Gasteiger charge is 2.36. The van der Waals surface area contributed by atoms with Crippen LogP contribution >= 0.6 is 0 Å². The van der Waals surface area contributed by atoms with E-state index in [2.05, 4.69) is 0 Å².